The molecule has 0 radical (unpaired) electrons. The van der Waals surface area contributed by atoms with Crippen LogP contribution in [0.2, 0.25) is 0 Å². The molecular weight excluding hydrogens is 214 g/mol. The van der Waals surface area contributed by atoms with Crippen molar-refractivity contribution in [2.75, 3.05) is 4.90 Å². The number of hydrogen-bond acceptors (Lipinski definition) is 4. The van der Waals surface area contributed by atoms with Crippen molar-refractivity contribution in [2.45, 2.75) is 43.9 Å². The number of anilines is 1. The number of fused-ring (bicyclic) bond motifs is 2. The lowest BCUT2D eigenvalue weighted by atomic mass is 10.00. The van der Waals surface area contributed by atoms with Gasteiger partial charge in [0, 0.05) is 12.1 Å². The quantitative estimate of drug-likeness (QED) is 0.791. The lowest BCUT2D eigenvalue weighted by molar-refractivity contribution is 0.126. The minimum absolute atomic E-state index is 0.164. The molecule has 17 heavy (non-hydrogen) atoms. The average Bonchev–Trinajstić information content (AvgIpc) is 2.62. The summed E-state index contributed by atoms with van der Waals surface area (Å²) in [6.45, 7) is 0. The van der Waals surface area contributed by atoms with E-state index in [2.05, 4.69) is 16.0 Å². The summed E-state index contributed by atoms with van der Waals surface area (Å²) in [6.07, 6.45) is 3.74. The predicted octanol–water partition coefficient (Wildman–Crippen LogP) is 1.45. The van der Waals surface area contributed by atoms with Gasteiger partial charge in [0.25, 0.3) is 0 Å². The lowest BCUT2D eigenvalue weighted by Crippen LogP contribution is -2.45. The van der Waals surface area contributed by atoms with Gasteiger partial charge in [-0.1, -0.05) is 6.07 Å². The van der Waals surface area contributed by atoms with Crippen LogP contribution in [0.3, 0.4) is 0 Å². The summed E-state index contributed by atoms with van der Waals surface area (Å²) in [4.78, 5) is 6.66. The Morgan fingerprint density at radius 2 is 2.00 bits per heavy atom. The number of nitrogens with zero attached hydrogens (tertiary/aromatic N) is 3. The van der Waals surface area contributed by atoms with Crippen molar-refractivity contribution < 1.29 is 5.11 Å². The monoisotopic (exact) mass is 229 g/mol. The molecule has 0 aromatic carbocycles. The van der Waals surface area contributed by atoms with Crippen molar-refractivity contribution in [1.82, 2.24) is 4.98 Å². The second kappa shape index (κ2) is 4.01. The Balaban J connectivity index is 1.92. The molecular formula is C13H15N3O. The van der Waals surface area contributed by atoms with Crippen LogP contribution in [-0.2, 0) is 0 Å². The van der Waals surface area contributed by atoms with Crippen molar-refractivity contribution in [3.05, 3.63) is 23.9 Å². The van der Waals surface area contributed by atoms with E-state index in [9.17, 15) is 5.11 Å². The van der Waals surface area contributed by atoms with Crippen molar-refractivity contribution in [1.29, 1.82) is 5.26 Å². The van der Waals surface area contributed by atoms with Gasteiger partial charge >= 0.3 is 0 Å². The zero-order valence-electron chi connectivity index (χ0n) is 9.58. The Labute approximate surface area is 101 Å². The van der Waals surface area contributed by atoms with Gasteiger partial charge in [-0.3, -0.25) is 0 Å². The fourth-order valence-corrected chi connectivity index (χ4v) is 3.15. The van der Waals surface area contributed by atoms with Crippen molar-refractivity contribution in [3.63, 3.8) is 0 Å². The molecule has 4 heteroatoms. The highest BCUT2D eigenvalue weighted by Gasteiger charge is 2.40. The van der Waals surface area contributed by atoms with Crippen LogP contribution in [0.15, 0.2) is 18.2 Å². The van der Waals surface area contributed by atoms with Crippen molar-refractivity contribution in [2.24, 2.45) is 0 Å². The van der Waals surface area contributed by atoms with Crippen LogP contribution in [0.25, 0.3) is 0 Å². The van der Waals surface area contributed by atoms with Crippen LogP contribution in [-0.4, -0.2) is 28.3 Å². The van der Waals surface area contributed by atoms with Crippen LogP contribution in [0.5, 0.6) is 0 Å². The molecule has 0 spiro atoms. The Hall–Kier alpha value is -1.60. The Morgan fingerprint density at radius 1 is 1.29 bits per heavy atom. The molecule has 0 unspecified atom stereocenters. The highest BCUT2D eigenvalue weighted by atomic mass is 16.3. The van der Waals surface area contributed by atoms with E-state index in [0.717, 1.165) is 31.5 Å². The Kier molecular flexibility index (Phi) is 2.49. The Bertz CT molecular complexity index is 454. The normalized spacial score (nSPS) is 31.3. The Morgan fingerprint density at radius 3 is 2.65 bits per heavy atom. The molecule has 1 aromatic heterocycles. The van der Waals surface area contributed by atoms with Gasteiger partial charge in [0.2, 0.25) is 0 Å². The first-order valence-corrected chi connectivity index (χ1v) is 6.11. The molecule has 1 aromatic rings. The van der Waals surface area contributed by atoms with Crippen LogP contribution in [0.1, 0.15) is 31.4 Å². The number of rotatable bonds is 1. The van der Waals surface area contributed by atoms with E-state index in [0.29, 0.717) is 17.8 Å². The molecule has 88 valence electrons. The molecule has 2 fully saturated rings. The smallest absolute Gasteiger partial charge is 0.142 e. The molecule has 0 aliphatic carbocycles. The molecule has 2 aliphatic heterocycles. The molecule has 2 aliphatic rings. The summed E-state index contributed by atoms with van der Waals surface area (Å²) in [7, 11) is 0. The number of piperidine rings is 1. The third kappa shape index (κ3) is 1.77. The van der Waals surface area contributed by atoms with Crippen molar-refractivity contribution in [3.8, 4) is 6.07 Å². The van der Waals surface area contributed by atoms with E-state index in [1.807, 2.05) is 12.1 Å². The molecule has 2 saturated heterocycles. The summed E-state index contributed by atoms with van der Waals surface area (Å²) in [6, 6.07) is 8.43. The molecule has 3 rings (SSSR count). The van der Waals surface area contributed by atoms with E-state index in [4.69, 9.17) is 5.26 Å². The SMILES string of the molecule is N#Cc1cccc(N2[C@H]3CC[C@H]2CC(O)C3)n1. The standard InChI is InChI=1S/C13H15N3O/c14-8-9-2-1-3-13(15-9)16-10-4-5-11(16)7-12(17)6-10/h1-3,10-12,17H,4-7H2/t10-,11-/m0/s1. The molecule has 0 amide bonds. The molecule has 1 N–H and O–H groups in total. The fraction of sp³-hybridized carbons (Fsp3) is 0.538. The van der Waals surface area contributed by atoms with Gasteiger partial charge in [-0.2, -0.15) is 5.26 Å². The molecule has 2 atom stereocenters. The van der Waals surface area contributed by atoms with E-state index < -0.39 is 0 Å². The summed E-state index contributed by atoms with van der Waals surface area (Å²) in [5, 5.41) is 18.6. The van der Waals surface area contributed by atoms with E-state index >= 15 is 0 Å². The zero-order chi connectivity index (χ0) is 11.8. The molecule has 4 nitrogen and oxygen atoms in total. The van der Waals surface area contributed by atoms with Crippen molar-refractivity contribution >= 4 is 5.82 Å². The maximum Gasteiger partial charge on any atom is 0.142 e. The zero-order valence-corrected chi connectivity index (χ0v) is 9.58. The number of hydrogen-bond donors (Lipinski definition) is 1. The highest BCUT2D eigenvalue weighted by molar-refractivity contribution is 5.46. The van der Waals surface area contributed by atoms with E-state index in [1.165, 1.54) is 0 Å². The summed E-state index contributed by atoms with van der Waals surface area (Å²) >= 11 is 0. The third-order valence-electron chi connectivity index (χ3n) is 3.82. The van der Waals surface area contributed by atoms with Gasteiger partial charge < -0.3 is 10.0 Å². The topological polar surface area (TPSA) is 60.2 Å². The third-order valence-corrected chi connectivity index (χ3v) is 3.82. The number of nitriles is 1. The average molecular weight is 229 g/mol. The predicted molar refractivity (Wildman–Crippen MR) is 63.5 cm³/mol. The summed E-state index contributed by atoms with van der Waals surface area (Å²) in [5.74, 6) is 0.892. The van der Waals surface area contributed by atoms with Crippen LogP contribution >= 0.6 is 0 Å². The number of aliphatic hydroxyl groups is 1. The molecule has 0 saturated carbocycles. The number of pyridine rings is 1. The van der Waals surface area contributed by atoms with Crippen LogP contribution in [0.4, 0.5) is 5.82 Å². The first-order valence-electron chi connectivity index (χ1n) is 6.11. The summed E-state index contributed by atoms with van der Waals surface area (Å²) in [5.41, 5.74) is 0.466. The van der Waals surface area contributed by atoms with Gasteiger partial charge in [0.05, 0.1) is 6.10 Å². The largest absolute Gasteiger partial charge is 0.393 e. The minimum atomic E-state index is -0.164. The van der Waals surface area contributed by atoms with Gasteiger partial charge in [-0.05, 0) is 37.8 Å². The second-order valence-electron chi connectivity index (χ2n) is 4.91. The van der Waals surface area contributed by atoms with Gasteiger partial charge in [-0.25, -0.2) is 4.98 Å². The van der Waals surface area contributed by atoms with Crippen LogP contribution < -0.4 is 4.90 Å². The summed E-state index contributed by atoms with van der Waals surface area (Å²) < 4.78 is 0. The van der Waals surface area contributed by atoms with Gasteiger partial charge in [-0.15, -0.1) is 0 Å². The van der Waals surface area contributed by atoms with E-state index in [-0.39, 0.29) is 6.10 Å². The number of aliphatic hydroxyl groups excluding tert-OH is 1. The van der Waals surface area contributed by atoms with Gasteiger partial charge in [0.1, 0.15) is 17.6 Å². The van der Waals surface area contributed by atoms with Crippen LogP contribution in [0, 0.1) is 11.3 Å². The minimum Gasteiger partial charge on any atom is -0.393 e. The van der Waals surface area contributed by atoms with Gasteiger partial charge in [0.15, 0.2) is 0 Å². The maximum absolute atomic E-state index is 9.76. The highest BCUT2D eigenvalue weighted by Crippen LogP contribution is 2.38. The molecule has 2 bridgehead atoms. The maximum atomic E-state index is 9.76. The van der Waals surface area contributed by atoms with E-state index in [1.54, 1.807) is 6.07 Å². The first kappa shape index (κ1) is 10.5. The molecule has 3 heterocycles. The second-order valence-corrected chi connectivity index (χ2v) is 4.91. The fourth-order valence-electron chi connectivity index (χ4n) is 3.15. The first-order chi connectivity index (χ1) is 8.28. The number of aromatic nitrogens is 1. The lowest BCUT2D eigenvalue weighted by Gasteiger charge is -2.38.